The molecule has 3 rings (SSSR count). The quantitative estimate of drug-likeness (QED) is 0.849. The molecule has 2 unspecified atom stereocenters. The molecule has 1 amide bonds. The number of carbonyl (C=O) groups is 1. The molecular weight excluding hydrogens is 228 g/mol. The number of aromatic amines is 1. The molecule has 0 saturated carbocycles. The van der Waals surface area contributed by atoms with Gasteiger partial charge in [-0.25, -0.2) is 0 Å². The number of aromatic nitrogens is 1. The van der Waals surface area contributed by atoms with Gasteiger partial charge in [-0.15, -0.1) is 0 Å². The highest BCUT2D eigenvalue weighted by Gasteiger charge is 2.26. The largest absolute Gasteiger partial charge is 0.376 e. The van der Waals surface area contributed by atoms with E-state index in [4.69, 9.17) is 4.74 Å². The normalized spacial score (nSPS) is 23.4. The Morgan fingerprint density at radius 2 is 2.33 bits per heavy atom. The van der Waals surface area contributed by atoms with E-state index in [0.29, 0.717) is 5.56 Å². The van der Waals surface area contributed by atoms with Crippen molar-refractivity contribution in [3.05, 3.63) is 36.0 Å². The molecule has 1 aromatic carbocycles. The van der Waals surface area contributed by atoms with Gasteiger partial charge in [0, 0.05) is 18.2 Å². The molecule has 2 aromatic rings. The lowest BCUT2D eigenvalue weighted by molar-refractivity contribution is 0.0867. The van der Waals surface area contributed by atoms with Crippen LogP contribution in [-0.2, 0) is 4.74 Å². The van der Waals surface area contributed by atoms with Crippen LogP contribution in [0.2, 0.25) is 0 Å². The monoisotopic (exact) mass is 244 g/mol. The van der Waals surface area contributed by atoms with E-state index >= 15 is 0 Å². The van der Waals surface area contributed by atoms with E-state index < -0.39 is 0 Å². The first-order chi connectivity index (χ1) is 8.75. The first-order valence-electron chi connectivity index (χ1n) is 6.24. The number of para-hydroxylation sites is 1. The fourth-order valence-electron chi connectivity index (χ4n) is 2.44. The second-order valence-electron chi connectivity index (χ2n) is 4.69. The van der Waals surface area contributed by atoms with Crippen molar-refractivity contribution in [1.82, 2.24) is 10.3 Å². The van der Waals surface area contributed by atoms with Gasteiger partial charge in [-0.05, 0) is 25.5 Å². The third-order valence-electron chi connectivity index (χ3n) is 3.52. The van der Waals surface area contributed by atoms with Crippen LogP contribution in [0.3, 0.4) is 0 Å². The van der Waals surface area contributed by atoms with E-state index in [1.165, 1.54) is 0 Å². The van der Waals surface area contributed by atoms with Crippen LogP contribution in [0.1, 0.15) is 23.7 Å². The summed E-state index contributed by atoms with van der Waals surface area (Å²) in [5.74, 6) is -0.0367. The summed E-state index contributed by atoms with van der Waals surface area (Å²) in [7, 11) is 0. The van der Waals surface area contributed by atoms with Crippen molar-refractivity contribution in [2.75, 3.05) is 6.61 Å². The van der Waals surface area contributed by atoms with Crippen molar-refractivity contribution in [3.8, 4) is 0 Å². The predicted octanol–water partition coefficient (Wildman–Crippen LogP) is 2.08. The molecule has 1 aromatic heterocycles. The lowest BCUT2D eigenvalue weighted by Crippen LogP contribution is -2.39. The minimum atomic E-state index is -0.0367. The summed E-state index contributed by atoms with van der Waals surface area (Å²) >= 11 is 0. The highest BCUT2D eigenvalue weighted by Crippen LogP contribution is 2.18. The summed E-state index contributed by atoms with van der Waals surface area (Å²) in [6.45, 7) is 2.71. The zero-order valence-electron chi connectivity index (χ0n) is 10.3. The third-order valence-corrected chi connectivity index (χ3v) is 3.52. The van der Waals surface area contributed by atoms with Gasteiger partial charge < -0.3 is 15.0 Å². The number of fused-ring (bicyclic) bond motifs is 1. The van der Waals surface area contributed by atoms with Crippen molar-refractivity contribution in [3.63, 3.8) is 0 Å². The number of hydrogen-bond donors (Lipinski definition) is 2. The number of nitrogens with one attached hydrogen (secondary N) is 2. The van der Waals surface area contributed by atoms with E-state index in [-0.39, 0.29) is 18.1 Å². The smallest absolute Gasteiger partial charge is 0.253 e. The molecule has 1 saturated heterocycles. The lowest BCUT2D eigenvalue weighted by Gasteiger charge is -2.16. The molecule has 0 bridgehead atoms. The molecule has 2 N–H and O–H groups in total. The van der Waals surface area contributed by atoms with Gasteiger partial charge in [-0.2, -0.15) is 0 Å². The number of amides is 1. The number of carbonyl (C=O) groups excluding carboxylic acids is 1. The molecular formula is C14H16N2O2. The number of H-pyrrole nitrogens is 1. The van der Waals surface area contributed by atoms with Crippen LogP contribution < -0.4 is 5.32 Å². The molecule has 94 valence electrons. The van der Waals surface area contributed by atoms with Crippen LogP contribution in [0.4, 0.5) is 0 Å². The van der Waals surface area contributed by atoms with Crippen LogP contribution in [0.25, 0.3) is 10.9 Å². The fraction of sp³-hybridized carbons (Fsp3) is 0.357. The molecule has 2 atom stereocenters. The van der Waals surface area contributed by atoms with E-state index in [0.717, 1.165) is 23.9 Å². The molecule has 1 fully saturated rings. The van der Waals surface area contributed by atoms with E-state index in [1.54, 1.807) is 0 Å². The molecule has 4 heteroatoms. The molecule has 1 aliphatic rings. The van der Waals surface area contributed by atoms with Crippen LogP contribution in [0.15, 0.2) is 30.5 Å². The third kappa shape index (κ3) is 1.88. The maximum atomic E-state index is 12.3. The van der Waals surface area contributed by atoms with Crippen LogP contribution in [-0.4, -0.2) is 29.6 Å². The van der Waals surface area contributed by atoms with Crippen LogP contribution in [0.5, 0.6) is 0 Å². The van der Waals surface area contributed by atoms with Crippen molar-refractivity contribution in [2.24, 2.45) is 0 Å². The van der Waals surface area contributed by atoms with E-state index in [2.05, 4.69) is 10.3 Å². The molecule has 0 radical (unpaired) electrons. The van der Waals surface area contributed by atoms with E-state index in [9.17, 15) is 4.79 Å². The summed E-state index contributed by atoms with van der Waals surface area (Å²) in [6, 6.07) is 7.81. The number of rotatable bonds is 2. The van der Waals surface area contributed by atoms with Crippen molar-refractivity contribution < 1.29 is 9.53 Å². The summed E-state index contributed by atoms with van der Waals surface area (Å²) in [5.41, 5.74) is 1.58. The minimum Gasteiger partial charge on any atom is -0.376 e. The highest BCUT2D eigenvalue weighted by atomic mass is 16.5. The first kappa shape index (κ1) is 11.3. The Morgan fingerprint density at radius 1 is 1.44 bits per heavy atom. The predicted molar refractivity (Wildman–Crippen MR) is 69.6 cm³/mol. The van der Waals surface area contributed by atoms with Crippen LogP contribution >= 0.6 is 0 Å². The van der Waals surface area contributed by atoms with Crippen molar-refractivity contribution in [2.45, 2.75) is 25.5 Å². The first-order valence-corrected chi connectivity index (χ1v) is 6.24. The summed E-state index contributed by atoms with van der Waals surface area (Å²) < 4.78 is 5.45. The number of benzene rings is 1. The van der Waals surface area contributed by atoms with Gasteiger partial charge in [0.1, 0.15) is 0 Å². The standard InChI is InChI=1S/C14H16N2O2/c1-9-12(6-8-18-9)16-14(17)11-4-2-3-10-5-7-15-13(10)11/h2-5,7,9,12,15H,6,8H2,1H3,(H,16,17). The zero-order valence-corrected chi connectivity index (χ0v) is 10.3. The highest BCUT2D eigenvalue weighted by molar-refractivity contribution is 6.05. The Hall–Kier alpha value is -1.81. The fourth-order valence-corrected chi connectivity index (χ4v) is 2.44. The second-order valence-corrected chi connectivity index (χ2v) is 4.69. The number of hydrogen-bond acceptors (Lipinski definition) is 2. The van der Waals surface area contributed by atoms with Crippen molar-refractivity contribution >= 4 is 16.8 Å². The molecule has 18 heavy (non-hydrogen) atoms. The Bertz CT molecular complexity index is 576. The Labute approximate surface area is 105 Å². The van der Waals surface area contributed by atoms with Crippen molar-refractivity contribution in [1.29, 1.82) is 0 Å². The van der Waals surface area contributed by atoms with Gasteiger partial charge in [0.05, 0.1) is 23.2 Å². The zero-order chi connectivity index (χ0) is 12.5. The van der Waals surface area contributed by atoms with Gasteiger partial charge in [-0.1, -0.05) is 12.1 Å². The maximum absolute atomic E-state index is 12.3. The maximum Gasteiger partial charge on any atom is 0.253 e. The molecule has 2 heterocycles. The average molecular weight is 244 g/mol. The minimum absolute atomic E-state index is 0.0367. The van der Waals surface area contributed by atoms with Gasteiger partial charge in [0.2, 0.25) is 0 Å². The number of ether oxygens (including phenoxy) is 1. The second kappa shape index (κ2) is 4.46. The summed E-state index contributed by atoms with van der Waals surface area (Å²) in [6.07, 6.45) is 2.83. The Balaban J connectivity index is 1.85. The molecule has 0 spiro atoms. The Morgan fingerprint density at radius 3 is 3.11 bits per heavy atom. The topological polar surface area (TPSA) is 54.1 Å². The van der Waals surface area contributed by atoms with Gasteiger partial charge in [0.25, 0.3) is 5.91 Å². The Kier molecular flexibility index (Phi) is 2.80. The summed E-state index contributed by atoms with van der Waals surface area (Å²) in [4.78, 5) is 15.4. The van der Waals surface area contributed by atoms with Gasteiger partial charge in [0.15, 0.2) is 0 Å². The van der Waals surface area contributed by atoms with Gasteiger partial charge >= 0.3 is 0 Å². The van der Waals surface area contributed by atoms with E-state index in [1.807, 2.05) is 37.4 Å². The van der Waals surface area contributed by atoms with Crippen LogP contribution in [0, 0.1) is 0 Å². The van der Waals surface area contributed by atoms with Gasteiger partial charge in [-0.3, -0.25) is 4.79 Å². The average Bonchev–Trinajstić information content (AvgIpc) is 2.98. The summed E-state index contributed by atoms with van der Waals surface area (Å²) in [5, 5.41) is 4.10. The molecule has 1 aliphatic heterocycles. The molecule has 4 nitrogen and oxygen atoms in total. The lowest BCUT2D eigenvalue weighted by atomic mass is 10.1. The SMILES string of the molecule is CC1OCCC1NC(=O)c1cccc2cc[nH]c12. The molecule has 0 aliphatic carbocycles.